The minimum absolute atomic E-state index is 0.157. The van der Waals surface area contributed by atoms with Crippen LogP contribution >= 0.6 is 22.6 Å². The van der Waals surface area contributed by atoms with Gasteiger partial charge in [-0.25, -0.2) is 4.39 Å². The van der Waals surface area contributed by atoms with Crippen LogP contribution in [-0.4, -0.2) is 25.9 Å². The standard InChI is InChI=1S/C25H21FINO4/c1-30-19-13-18-21(24(32-3)23(19)31-2)20(16-9-11-17(26)12-10-16)22(27)25(29)28(18)14-15-7-5-4-6-8-15/h4-13H,14H2,1-3H3. The maximum atomic E-state index is 13.6. The summed E-state index contributed by atoms with van der Waals surface area (Å²) in [5, 5.41) is 0.691. The second kappa shape index (κ2) is 9.20. The number of aromatic nitrogens is 1. The number of benzene rings is 3. The van der Waals surface area contributed by atoms with E-state index >= 15 is 0 Å². The van der Waals surface area contributed by atoms with Gasteiger partial charge in [-0.3, -0.25) is 4.79 Å². The monoisotopic (exact) mass is 545 g/mol. The normalized spacial score (nSPS) is 10.9. The van der Waals surface area contributed by atoms with Crippen LogP contribution in [-0.2, 0) is 6.54 Å². The summed E-state index contributed by atoms with van der Waals surface area (Å²) < 4.78 is 32.8. The van der Waals surface area contributed by atoms with Crippen molar-refractivity contribution in [3.8, 4) is 28.4 Å². The Balaban J connectivity index is 2.17. The predicted octanol–water partition coefficient (Wildman–Crippen LogP) is 5.49. The fourth-order valence-corrected chi connectivity index (χ4v) is 4.73. The zero-order valence-corrected chi connectivity index (χ0v) is 20.0. The number of nitrogens with zero attached hydrogens (tertiary/aromatic N) is 1. The molecule has 3 aromatic carbocycles. The van der Waals surface area contributed by atoms with Crippen molar-refractivity contribution in [1.82, 2.24) is 4.57 Å². The van der Waals surface area contributed by atoms with Crippen molar-refractivity contribution < 1.29 is 18.6 Å². The largest absolute Gasteiger partial charge is 0.493 e. The molecule has 0 atom stereocenters. The van der Waals surface area contributed by atoms with Gasteiger partial charge in [0, 0.05) is 11.6 Å². The van der Waals surface area contributed by atoms with Crippen molar-refractivity contribution in [2.75, 3.05) is 21.3 Å². The minimum Gasteiger partial charge on any atom is -0.493 e. The minimum atomic E-state index is -0.350. The number of halogens is 2. The van der Waals surface area contributed by atoms with Gasteiger partial charge in [-0.15, -0.1) is 0 Å². The number of methoxy groups -OCH3 is 3. The molecule has 0 N–H and O–H groups in total. The fraction of sp³-hybridized carbons (Fsp3) is 0.160. The Labute approximate surface area is 198 Å². The molecule has 0 aliphatic heterocycles. The van der Waals surface area contributed by atoms with E-state index in [0.29, 0.717) is 49.4 Å². The molecule has 0 bridgehead atoms. The van der Waals surface area contributed by atoms with Crippen LogP contribution in [0.15, 0.2) is 65.5 Å². The van der Waals surface area contributed by atoms with Gasteiger partial charge in [-0.05, 0) is 45.9 Å². The van der Waals surface area contributed by atoms with Gasteiger partial charge < -0.3 is 18.8 Å². The summed E-state index contributed by atoms with van der Waals surface area (Å²) in [7, 11) is 4.62. The highest BCUT2D eigenvalue weighted by Crippen LogP contribution is 2.47. The molecule has 0 saturated carbocycles. The number of ether oxygens (including phenoxy) is 3. The number of pyridine rings is 1. The van der Waals surface area contributed by atoms with Crippen molar-refractivity contribution in [3.63, 3.8) is 0 Å². The molecule has 32 heavy (non-hydrogen) atoms. The molecule has 0 radical (unpaired) electrons. The number of hydrogen-bond donors (Lipinski definition) is 0. The van der Waals surface area contributed by atoms with Gasteiger partial charge in [0.2, 0.25) is 5.75 Å². The molecule has 1 aromatic heterocycles. The number of hydrogen-bond acceptors (Lipinski definition) is 4. The van der Waals surface area contributed by atoms with Gasteiger partial charge >= 0.3 is 0 Å². The van der Waals surface area contributed by atoms with Crippen molar-refractivity contribution in [1.29, 1.82) is 0 Å². The van der Waals surface area contributed by atoms with Crippen LogP contribution in [0.5, 0.6) is 17.2 Å². The van der Waals surface area contributed by atoms with Gasteiger partial charge in [0.25, 0.3) is 5.56 Å². The lowest BCUT2D eigenvalue weighted by atomic mass is 9.99. The van der Waals surface area contributed by atoms with Crippen LogP contribution in [0.4, 0.5) is 4.39 Å². The Morgan fingerprint density at radius 1 is 0.906 bits per heavy atom. The van der Waals surface area contributed by atoms with E-state index in [1.54, 1.807) is 29.9 Å². The average Bonchev–Trinajstić information content (AvgIpc) is 2.82. The Morgan fingerprint density at radius 2 is 1.56 bits per heavy atom. The van der Waals surface area contributed by atoms with Gasteiger partial charge in [0.05, 0.1) is 42.3 Å². The van der Waals surface area contributed by atoms with Crippen LogP contribution in [0.25, 0.3) is 22.0 Å². The average molecular weight is 545 g/mol. The predicted molar refractivity (Wildman–Crippen MR) is 132 cm³/mol. The van der Waals surface area contributed by atoms with E-state index in [0.717, 1.165) is 5.56 Å². The molecule has 0 unspecified atom stereocenters. The maximum absolute atomic E-state index is 13.6. The van der Waals surface area contributed by atoms with Crippen molar-refractivity contribution in [2.24, 2.45) is 0 Å². The lowest BCUT2D eigenvalue weighted by molar-refractivity contribution is 0.327. The molecule has 4 aromatic rings. The van der Waals surface area contributed by atoms with Gasteiger partial charge in [-0.1, -0.05) is 42.5 Å². The SMILES string of the molecule is COc1cc2c(c(OC)c1OC)c(-c1ccc(F)cc1)c(I)c(=O)n2Cc1ccccc1. The summed E-state index contributed by atoms with van der Waals surface area (Å²) in [6.45, 7) is 0.370. The Bertz CT molecular complexity index is 1330. The van der Waals surface area contributed by atoms with E-state index in [2.05, 4.69) is 22.6 Å². The fourth-order valence-electron chi connectivity index (χ4n) is 3.85. The van der Waals surface area contributed by atoms with Crippen molar-refractivity contribution in [2.45, 2.75) is 6.54 Å². The zero-order chi connectivity index (χ0) is 22.8. The van der Waals surface area contributed by atoms with E-state index < -0.39 is 0 Å². The number of fused-ring (bicyclic) bond motifs is 1. The summed E-state index contributed by atoms with van der Waals surface area (Å²) in [5.74, 6) is 0.966. The lowest BCUT2D eigenvalue weighted by Crippen LogP contribution is -2.25. The van der Waals surface area contributed by atoms with E-state index in [1.165, 1.54) is 26.4 Å². The Hall–Kier alpha value is -3.07. The summed E-state index contributed by atoms with van der Waals surface area (Å²) in [5.41, 5.74) is 2.82. The van der Waals surface area contributed by atoms with E-state index in [4.69, 9.17) is 14.2 Å². The molecule has 0 spiro atoms. The third-order valence-corrected chi connectivity index (χ3v) is 6.32. The lowest BCUT2D eigenvalue weighted by Gasteiger charge is -2.21. The van der Waals surface area contributed by atoms with E-state index in [-0.39, 0.29) is 11.4 Å². The third-order valence-electron chi connectivity index (χ3n) is 5.32. The number of rotatable bonds is 6. The van der Waals surface area contributed by atoms with Crippen molar-refractivity contribution in [3.05, 3.63) is 86.0 Å². The second-order valence-electron chi connectivity index (χ2n) is 7.11. The summed E-state index contributed by atoms with van der Waals surface area (Å²) in [6.07, 6.45) is 0. The zero-order valence-electron chi connectivity index (χ0n) is 17.8. The van der Waals surface area contributed by atoms with E-state index in [1.807, 2.05) is 30.3 Å². The van der Waals surface area contributed by atoms with Crippen molar-refractivity contribution >= 4 is 33.5 Å². The van der Waals surface area contributed by atoms with Crippen LogP contribution in [0.2, 0.25) is 0 Å². The highest BCUT2D eigenvalue weighted by atomic mass is 127. The maximum Gasteiger partial charge on any atom is 0.265 e. The van der Waals surface area contributed by atoms with E-state index in [9.17, 15) is 9.18 Å². The molecule has 0 aliphatic carbocycles. The van der Waals surface area contributed by atoms with Gasteiger partial charge in [-0.2, -0.15) is 0 Å². The topological polar surface area (TPSA) is 49.7 Å². The molecule has 4 rings (SSSR count). The second-order valence-corrected chi connectivity index (χ2v) is 8.19. The molecule has 1 heterocycles. The molecule has 0 aliphatic rings. The summed E-state index contributed by atoms with van der Waals surface area (Å²) in [6, 6.07) is 17.6. The molecule has 5 nitrogen and oxygen atoms in total. The first-order chi connectivity index (χ1) is 15.5. The molecule has 7 heteroatoms. The molecular weight excluding hydrogens is 524 g/mol. The first-order valence-electron chi connectivity index (χ1n) is 9.85. The molecule has 164 valence electrons. The third kappa shape index (κ3) is 3.81. The Morgan fingerprint density at radius 3 is 2.16 bits per heavy atom. The van der Waals surface area contributed by atoms with Gasteiger partial charge in [0.15, 0.2) is 11.5 Å². The molecule has 0 amide bonds. The first kappa shape index (κ1) is 22.1. The molecular formula is C25H21FINO4. The molecule has 0 fully saturated rings. The summed E-state index contributed by atoms with van der Waals surface area (Å²) in [4.78, 5) is 13.6. The summed E-state index contributed by atoms with van der Waals surface area (Å²) >= 11 is 2.05. The quantitative estimate of drug-likeness (QED) is 0.301. The van der Waals surface area contributed by atoms with Crippen LogP contribution < -0.4 is 19.8 Å². The highest BCUT2D eigenvalue weighted by molar-refractivity contribution is 14.1. The van der Waals surface area contributed by atoms with Crippen LogP contribution in [0, 0.1) is 9.39 Å². The molecule has 0 saturated heterocycles. The smallest absolute Gasteiger partial charge is 0.265 e. The first-order valence-corrected chi connectivity index (χ1v) is 10.9. The van der Waals surface area contributed by atoms with Crippen LogP contribution in [0.1, 0.15) is 5.56 Å². The van der Waals surface area contributed by atoms with Gasteiger partial charge in [0.1, 0.15) is 5.82 Å². The Kier molecular flexibility index (Phi) is 6.36. The van der Waals surface area contributed by atoms with Crippen LogP contribution in [0.3, 0.4) is 0 Å². The highest BCUT2D eigenvalue weighted by Gasteiger charge is 2.25.